The third kappa shape index (κ3) is 2.10. The minimum absolute atomic E-state index is 0.0253. The van der Waals surface area contributed by atoms with Crippen molar-refractivity contribution in [3.8, 4) is 0 Å². The van der Waals surface area contributed by atoms with E-state index in [0.29, 0.717) is 0 Å². The summed E-state index contributed by atoms with van der Waals surface area (Å²) in [5, 5.41) is 3.64. The van der Waals surface area contributed by atoms with E-state index in [-0.39, 0.29) is 6.03 Å². The van der Waals surface area contributed by atoms with Gasteiger partial charge in [-0.25, -0.2) is 9.78 Å². The first-order valence-corrected chi connectivity index (χ1v) is 6.83. The largest absolute Gasteiger partial charge is 0.338 e. The Hall–Kier alpha value is -0.750. The molecule has 0 aliphatic carbocycles. The Morgan fingerprint density at radius 3 is 3.00 bits per heavy atom. The first kappa shape index (κ1) is 10.8. The molecule has 2 heterocycles. The molecule has 1 aliphatic rings. The fraction of sp³-hybridized carbons (Fsp3) is 0.556. The Balaban J connectivity index is 2.24. The predicted octanol–water partition coefficient (Wildman–Crippen LogP) is 2.09. The first-order chi connectivity index (χ1) is 7.22. The third-order valence-corrected chi connectivity index (χ3v) is 4.63. The van der Waals surface area contributed by atoms with E-state index in [1.807, 2.05) is 13.2 Å². The molecule has 0 atom stereocenters. The summed E-state index contributed by atoms with van der Waals surface area (Å²) in [5.41, 5.74) is 1.01. The van der Waals surface area contributed by atoms with Crippen molar-refractivity contribution in [1.29, 1.82) is 0 Å². The predicted molar refractivity (Wildman–Crippen MR) is 64.0 cm³/mol. The summed E-state index contributed by atoms with van der Waals surface area (Å²) in [6, 6.07) is -0.0253. The minimum Gasteiger partial charge on any atom is -0.338 e. The average Bonchev–Trinajstić information content (AvgIpc) is 2.60. The zero-order chi connectivity index (χ0) is 10.8. The van der Waals surface area contributed by atoms with Crippen molar-refractivity contribution in [3.63, 3.8) is 0 Å². The van der Waals surface area contributed by atoms with Crippen molar-refractivity contribution in [3.05, 3.63) is 5.69 Å². The lowest BCUT2D eigenvalue weighted by atomic mass is 10.3. The normalized spacial score (nSPS) is 16.7. The number of thiazole rings is 1. The molecule has 1 fully saturated rings. The number of hydrogen-bond donors (Lipinski definition) is 1. The van der Waals surface area contributed by atoms with Gasteiger partial charge in [0.25, 0.3) is 0 Å². The third-order valence-electron chi connectivity index (χ3n) is 2.24. The number of aryl methyl sites for hydroxylation is 1. The number of carbonyl (C=O) groups is 1. The van der Waals surface area contributed by atoms with Crippen molar-refractivity contribution in [2.24, 2.45) is 0 Å². The van der Waals surface area contributed by atoms with E-state index in [4.69, 9.17) is 0 Å². The molecule has 1 N–H and O–H groups in total. The molecular formula is C9H13N3OS2. The van der Waals surface area contributed by atoms with Crippen LogP contribution in [0, 0.1) is 6.92 Å². The van der Waals surface area contributed by atoms with E-state index in [0.717, 1.165) is 30.3 Å². The second kappa shape index (κ2) is 4.40. The molecule has 15 heavy (non-hydrogen) atoms. The smallest absolute Gasteiger partial charge is 0.323 e. The van der Waals surface area contributed by atoms with Crippen LogP contribution in [0.2, 0.25) is 0 Å². The molecule has 0 spiro atoms. The molecule has 1 aromatic heterocycles. The summed E-state index contributed by atoms with van der Waals surface area (Å²) < 4.78 is 1.18. The molecule has 0 unspecified atom stereocenters. The number of urea groups is 1. The van der Waals surface area contributed by atoms with Gasteiger partial charge in [0.05, 0.1) is 9.90 Å². The number of aromatic nitrogens is 1. The number of carbonyl (C=O) groups excluding carboxylic acids is 1. The lowest BCUT2D eigenvalue weighted by Crippen LogP contribution is -2.46. The van der Waals surface area contributed by atoms with Crippen LogP contribution in [0.4, 0.5) is 9.93 Å². The fourth-order valence-electron chi connectivity index (χ4n) is 1.49. The molecule has 1 aliphatic heterocycles. The van der Waals surface area contributed by atoms with Gasteiger partial charge >= 0.3 is 6.03 Å². The molecule has 1 saturated heterocycles. The first-order valence-electron chi connectivity index (χ1n) is 4.79. The fourth-order valence-corrected chi connectivity index (χ4v) is 3.21. The molecule has 2 rings (SSSR count). The summed E-state index contributed by atoms with van der Waals surface area (Å²) in [4.78, 5) is 17.7. The van der Waals surface area contributed by atoms with Crippen LogP contribution in [0.25, 0.3) is 0 Å². The number of amides is 2. The van der Waals surface area contributed by atoms with Gasteiger partial charge in [-0.2, -0.15) is 0 Å². The van der Waals surface area contributed by atoms with E-state index >= 15 is 0 Å². The van der Waals surface area contributed by atoms with Crippen LogP contribution in [-0.4, -0.2) is 30.4 Å². The van der Waals surface area contributed by atoms with Crippen molar-refractivity contribution in [2.75, 3.05) is 24.2 Å². The van der Waals surface area contributed by atoms with Crippen LogP contribution in [0.5, 0.6) is 0 Å². The van der Waals surface area contributed by atoms with Crippen LogP contribution in [0.15, 0.2) is 4.21 Å². The summed E-state index contributed by atoms with van der Waals surface area (Å²) >= 11 is 3.27. The summed E-state index contributed by atoms with van der Waals surface area (Å²) in [6.45, 7) is 3.52. The van der Waals surface area contributed by atoms with Gasteiger partial charge in [0.2, 0.25) is 0 Å². The highest BCUT2D eigenvalue weighted by atomic mass is 32.2. The molecule has 0 bridgehead atoms. The van der Waals surface area contributed by atoms with Crippen molar-refractivity contribution >= 4 is 34.3 Å². The minimum atomic E-state index is -0.0253. The van der Waals surface area contributed by atoms with Gasteiger partial charge < -0.3 is 5.32 Å². The summed E-state index contributed by atoms with van der Waals surface area (Å²) in [7, 11) is 0. The Morgan fingerprint density at radius 2 is 2.40 bits per heavy atom. The van der Waals surface area contributed by atoms with Crippen LogP contribution in [0.3, 0.4) is 0 Å². The maximum absolute atomic E-state index is 11.6. The van der Waals surface area contributed by atoms with E-state index in [2.05, 4.69) is 10.3 Å². The molecule has 0 saturated carbocycles. The van der Waals surface area contributed by atoms with Crippen molar-refractivity contribution in [1.82, 2.24) is 10.3 Å². The van der Waals surface area contributed by atoms with Crippen molar-refractivity contribution in [2.45, 2.75) is 17.6 Å². The van der Waals surface area contributed by atoms with Gasteiger partial charge in [-0.05, 0) is 19.6 Å². The maximum atomic E-state index is 11.6. The number of nitrogens with zero attached hydrogens (tertiary/aromatic N) is 2. The Labute approximate surface area is 97.1 Å². The second-order valence-electron chi connectivity index (χ2n) is 3.31. The molecule has 82 valence electrons. The highest BCUT2D eigenvalue weighted by Gasteiger charge is 2.22. The van der Waals surface area contributed by atoms with E-state index in [1.54, 1.807) is 28.0 Å². The number of nitrogens with one attached hydrogen (secondary N) is 1. The Bertz CT molecular complexity index is 377. The lowest BCUT2D eigenvalue weighted by Gasteiger charge is -2.24. The summed E-state index contributed by atoms with van der Waals surface area (Å²) in [6.07, 6.45) is 3.01. The molecule has 0 aromatic carbocycles. The van der Waals surface area contributed by atoms with Gasteiger partial charge in [0.15, 0.2) is 5.13 Å². The molecular weight excluding hydrogens is 230 g/mol. The van der Waals surface area contributed by atoms with E-state index in [1.165, 1.54) is 4.21 Å². The number of thioether (sulfide) groups is 1. The number of hydrogen-bond acceptors (Lipinski definition) is 4. The highest BCUT2D eigenvalue weighted by molar-refractivity contribution is 8.00. The van der Waals surface area contributed by atoms with Gasteiger partial charge in [-0.3, -0.25) is 4.90 Å². The molecule has 1 aromatic rings. The van der Waals surface area contributed by atoms with E-state index < -0.39 is 0 Å². The average molecular weight is 243 g/mol. The van der Waals surface area contributed by atoms with Gasteiger partial charge in [0.1, 0.15) is 0 Å². The van der Waals surface area contributed by atoms with Gasteiger partial charge in [0, 0.05) is 13.1 Å². The molecule has 0 radical (unpaired) electrons. The van der Waals surface area contributed by atoms with Gasteiger partial charge in [-0.1, -0.05) is 11.3 Å². The van der Waals surface area contributed by atoms with Gasteiger partial charge in [-0.15, -0.1) is 11.8 Å². The van der Waals surface area contributed by atoms with Crippen LogP contribution in [-0.2, 0) is 0 Å². The maximum Gasteiger partial charge on any atom is 0.323 e. The monoisotopic (exact) mass is 243 g/mol. The highest BCUT2D eigenvalue weighted by Crippen LogP contribution is 2.32. The molecule has 6 heteroatoms. The van der Waals surface area contributed by atoms with Crippen LogP contribution in [0.1, 0.15) is 12.1 Å². The standard InChI is InChI=1S/C9H13N3OS2/c1-6-7(14-2)15-9(11-6)12-5-3-4-10-8(12)13/h3-5H2,1-2H3,(H,10,13). The Kier molecular flexibility index (Phi) is 3.16. The molecule has 4 nitrogen and oxygen atoms in total. The Morgan fingerprint density at radius 1 is 1.60 bits per heavy atom. The summed E-state index contributed by atoms with van der Waals surface area (Å²) in [5.74, 6) is 0. The van der Waals surface area contributed by atoms with E-state index in [9.17, 15) is 4.79 Å². The quantitative estimate of drug-likeness (QED) is 0.809. The molecule has 2 amide bonds. The van der Waals surface area contributed by atoms with Crippen LogP contribution < -0.4 is 10.2 Å². The number of anilines is 1. The number of rotatable bonds is 2. The topological polar surface area (TPSA) is 45.2 Å². The van der Waals surface area contributed by atoms with Crippen molar-refractivity contribution < 1.29 is 4.79 Å². The SMILES string of the molecule is CSc1sc(N2CCCNC2=O)nc1C. The lowest BCUT2D eigenvalue weighted by molar-refractivity contribution is 0.243. The van der Waals surface area contributed by atoms with Crippen LogP contribution >= 0.6 is 23.1 Å². The zero-order valence-corrected chi connectivity index (χ0v) is 10.4. The zero-order valence-electron chi connectivity index (χ0n) is 8.74. The second-order valence-corrected chi connectivity index (χ2v) is 5.36.